The highest BCUT2D eigenvalue weighted by Crippen LogP contribution is 2.23. The van der Waals surface area contributed by atoms with E-state index in [1.165, 1.54) is 0 Å². The third-order valence-electron chi connectivity index (χ3n) is 3.99. The van der Waals surface area contributed by atoms with Gasteiger partial charge in [0, 0.05) is 30.7 Å². The fraction of sp³-hybridized carbons (Fsp3) is 0.400. The molecule has 0 radical (unpaired) electrons. The fourth-order valence-corrected chi connectivity index (χ4v) is 4.60. The summed E-state index contributed by atoms with van der Waals surface area (Å²) >= 11 is 1.58. The Hall–Kier alpha value is -1.44. The molecule has 22 heavy (non-hydrogen) atoms. The van der Waals surface area contributed by atoms with E-state index in [1.807, 2.05) is 25.3 Å². The van der Waals surface area contributed by atoms with Gasteiger partial charge in [0.1, 0.15) is 0 Å². The van der Waals surface area contributed by atoms with E-state index in [-0.39, 0.29) is 6.04 Å². The van der Waals surface area contributed by atoms with Crippen molar-refractivity contribution in [2.45, 2.75) is 31.2 Å². The van der Waals surface area contributed by atoms with Crippen LogP contribution in [0.3, 0.4) is 0 Å². The lowest BCUT2D eigenvalue weighted by atomic mass is 10.1. The molecule has 0 spiro atoms. The monoisotopic (exact) mass is 337 g/mol. The van der Waals surface area contributed by atoms with Gasteiger partial charge in [-0.15, -0.1) is 11.3 Å². The highest BCUT2D eigenvalue weighted by molar-refractivity contribution is 7.89. The molecule has 5 nitrogen and oxygen atoms in total. The number of hydrogen-bond acceptors (Lipinski definition) is 5. The molecule has 1 saturated heterocycles. The molecule has 1 aliphatic heterocycles. The largest absolute Gasteiger partial charge is 0.346 e. The van der Waals surface area contributed by atoms with Gasteiger partial charge in [0.2, 0.25) is 10.0 Å². The topological polar surface area (TPSA) is 62.3 Å². The Balaban J connectivity index is 1.71. The van der Waals surface area contributed by atoms with Crippen LogP contribution in [-0.2, 0) is 10.0 Å². The second-order valence-electron chi connectivity index (χ2n) is 5.61. The first-order valence-electron chi connectivity index (χ1n) is 7.20. The number of nitrogens with one attached hydrogen (secondary N) is 1. The summed E-state index contributed by atoms with van der Waals surface area (Å²) in [7, 11) is -3.47. The molecule has 0 bridgehead atoms. The summed E-state index contributed by atoms with van der Waals surface area (Å²) in [6, 6.07) is 5.17. The van der Waals surface area contributed by atoms with Crippen LogP contribution in [0.2, 0.25) is 0 Å². The Morgan fingerprint density at radius 1 is 1.32 bits per heavy atom. The molecule has 118 valence electrons. The van der Waals surface area contributed by atoms with Gasteiger partial charge >= 0.3 is 0 Å². The zero-order valence-corrected chi connectivity index (χ0v) is 14.2. The van der Waals surface area contributed by atoms with Crippen molar-refractivity contribution >= 4 is 26.5 Å². The molecule has 1 N–H and O–H groups in total. The maximum Gasteiger partial charge on any atom is 0.240 e. The van der Waals surface area contributed by atoms with Gasteiger partial charge in [-0.3, -0.25) is 0 Å². The van der Waals surface area contributed by atoms with E-state index in [1.54, 1.807) is 29.7 Å². The molecule has 2 heterocycles. The maximum atomic E-state index is 12.5. The lowest BCUT2D eigenvalue weighted by molar-refractivity contribution is 0.561. The zero-order valence-electron chi connectivity index (χ0n) is 12.6. The average Bonchev–Trinajstić information content (AvgIpc) is 3.11. The summed E-state index contributed by atoms with van der Waals surface area (Å²) in [5.74, 6) is 0. The molecule has 1 atom stereocenters. The predicted molar refractivity (Wildman–Crippen MR) is 89.0 cm³/mol. The summed E-state index contributed by atoms with van der Waals surface area (Å²) in [6.07, 6.45) is 2.57. The van der Waals surface area contributed by atoms with Crippen molar-refractivity contribution in [2.75, 3.05) is 18.0 Å². The van der Waals surface area contributed by atoms with Crippen molar-refractivity contribution in [3.8, 4) is 0 Å². The van der Waals surface area contributed by atoms with Gasteiger partial charge in [-0.1, -0.05) is 6.07 Å². The van der Waals surface area contributed by atoms with E-state index < -0.39 is 10.0 Å². The number of nitrogens with zero attached hydrogens (tertiary/aromatic N) is 2. The molecule has 0 amide bonds. The summed E-state index contributed by atoms with van der Waals surface area (Å²) in [5.41, 5.74) is 2.08. The first-order chi connectivity index (χ1) is 10.5. The number of rotatable bonds is 4. The molecular formula is C15H19N3O2S2. The van der Waals surface area contributed by atoms with Gasteiger partial charge < -0.3 is 4.90 Å². The van der Waals surface area contributed by atoms with Crippen LogP contribution >= 0.6 is 11.3 Å². The molecule has 3 rings (SSSR count). The first kappa shape index (κ1) is 15.5. The van der Waals surface area contributed by atoms with Gasteiger partial charge in [-0.2, -0.15) is 0 Å². The van der Waals surface area contributed by atoms with Crippen molar-refractivity contribution in [3.05, 3.63) is 40.9 Å². The minimum Gasteiger partial charge on any atom is -0.346 e. The number of benzene rings is 1. The summed E-state index contributed by atoms with van der Waals surface area (Å²) in [6.45, 7) is 5.39. The van der Waals surface area contributed by atoms with E-state index in [0.717, 1.165) is 29.2 Å². The van der Waals surface area contributed by atoms with Gasteiger partial charge in [-0.25, -0.2) is 18.1 Å². The number of aromatic nitrogens is 1. The van der Waals surface area contributed by atoms with Crippen LogP contribution in [0.15, 0.2) is 34.7 Å². The minimum absolute atomic E-state index is 0.0736. The predicted octanol–water partition coefficient (Wildman–Crippen LogP) is 2.32. The number of thiazole rings is 1. The van der Waals surface area contributed by atoms with E-state index in [2.05, 4.69) is 14.6 Å². The van der Waals surface area contributed by atoms with Crippen LogP contribution in [0.4, 0.5) is 5.13 Å². The fourth-order valence-electron chi connectivity index (χ4n) is 2.57. The Morgan fingerprint density at radius 3 is 2.82 bits per heavy atom. The van der Waals surface area contributed by atoms with Crippen LogP contribution in [-0.4, -0.2) is 32.5 Å². The van der Waals surface area contributed by atoms with Crippen molar-refractivity contribution in [1.82, 2.24) is 9.71 Å². The molecule has 0 unspecified atom stereocenters. The minimum atomic E-state index is -3.47. The molecule has 0 aliphatic carbocycles. The van der Waals surface area contributed by atoms with Crippen molar-refractivity contribution < 1.29 is 8.42 Å². The number of aryl methyl sites for hydroxylation is 2. The van der Waals surface area contributed by atoms with Crippen molar-refractivity contribution in [1.29, 1.82) is 0 Å². The third kappa shape index (κ3) is 3.16. The van der Waals surface area contributed by atoms with E-state index in [4.69, 9.17) is 0 Å². The van der Waals surface area contributed by atoms with Crippen LogP contribution in [0.25, 0.3) is 0 Å². The van der Waals surface area contributed by atoms with E-state index in [0.29, 0.717) is 11.4 Å². The number of hydrogen-bond donors (Lipinski definition) is 1. The third-order valence-corrected chi connectivity index (χ3v) is 6.34. The normalized spacial score (nSPS) is 18.8. The van der Waals surface area contributed by atoms with Gasteiger partial charge in [0.25, 0.3) is 0 Å². The van der Waals surface area contributed by atoms with Crippen LogP contribution < -0.4 is 9.62 Å². The average molecular weight is 337 g/mol. The molecule has 1 aromatic heterocycles. The van der Waals surface area contributed by atoms with Crippen LogP contribution in [0, 0.1) is 13.8 Å². The lowest BCUT2D eigenvalue weighted by Gasteiger charge is -2.16. The Kier molecular flexibility index (Phi) is 4.20. The maximum absolute atomic E-state index is 12.5. The Bertz CT molecular complexity index is 757. The van der Waals surface area contributed by atoms with Crippen LogP contribution in [0.1, 0.15) is 17.5 Å². The molecule has 1 aliphatic rings. The molecule has 7 heteroatoms. The van der Waals surface area contributed by atoms with Gasteiger partial charge in [0.15, 0.2) is 5.13 Å². The van der Waals surface area contributed by atoms with Gasteiger partial charge in [-0.05, 0) is 43.5 Å². The number of anilines is 1. The second-order valence-corrected chi connectivity index (χ2v) is 8.20. The molecule has 2 aromatic rings. The first-order valence-corrected chi connectivity index (χ1v) is 9.56. The molecular weight excluding hydrogens is 318 g/mol. The van der Waals surface area contributed by atoms with Crippen LogP contribution in [0.5, 0.6) is 0 Å². The van der Waals surface area contributed by atoms with E-state index >= 15 is 0 Å². The highest BCUT2D eigenvalue weighted by atomic mass is 32.2. The highest BCUT2D eigenvalue weighted by Gasteiger charge is 2.28. The molecule has 0 saturated carbocycles. The zero-order chi connectivity index (χ0) is 15.7. The summed E-state index contributed by atoms with van der Waals surface area (Å²) in [4.78, 5) is 6.74. The quantitative estimate of drug-likeness (QED) is 0.930. The second kappa shape index (κ2) is 5.98. The molecule has 1 aromatic carbocycles. The summed E-state index contributed by atoms with van der Waals surface area (Å²) in [5, 5.41) is 2.88. The Morgan fingerprint density at radius 2 is 2.14 bits per heavy atom. The van der Waals surface area contributed by atoms with Gasteiger partial charge in [0.05, 0.1) is 4.90 Å². The standard InChI is InChI=1S/C15H19N3O2S2/c1-11-3-4-14(9-12(11)2)22(19,20)17-13-5-7-18(10-13)15-16-6-8-21-15/h3-4,6,8-9,13,17H,5,7,10H2,1-2H3/t13-/m1/s1. The van der Waals surface area contributed by atoms with Crippen molar-refractivity contribution in [3.63, 3.8) is 0 Å². The smallest absolute Gasteiger partial charge is 0.240 e. The number of sulfonamides is 1. The Labute approximate surface area is 135 Å². The molecule has 1 fully saturated rings. The van der Waals surface area contributed by atoms with E-state index in [9.17, 15) is 8.42 Å². The van der Waals surface area contributed by atoms with Crippen molar-refractivity contribution in [2.24, 2.45) is 0 Å². The lowest BCUT2D eigenvalue weighted by Crippen LogP contribution is -2.37. The summed E-state index contributed by atoms with van der Waals surface area (Å²) < 4.78 is 27.8. The SMILES string of the molecule is Cc1ccc(S(=O)(=O)N[C@@H]2CCN(c3nccs3)C2)cc1C.